The molecule has 1 amide bonds. The highest BCUT2D eigenvalue weighted by atomic mass is 32.2. The van der Waals surface area contributed by atoms with E-state index in [1.165, 1.54) is 0 Å². The molecule has 2 aromatic carbocycles. The second-order valence-corrected chi connectivity index (χ2v) is 8.25. The van der Waals surface area contributed by atoms with Crippen molar-refractivity contribution in [2.24, 2.45) is 0 Å². The number of imidazole rings is 1. The molecule has 4 rings (SSSR count). The number of alkyl halides is 2. The second kappa shape index (κ2) is 10.2. The molecule has 1 aliphatic rings. The molecule has 0 saturated carbocycles. The van der Waals surface area contributed by atoms with Gasteiger partial charge in [-0.05, 0) is 29.5 Å². The lowest BCUT2D eigenvalue weighted by Gasteiger charge is -2.31. The van der Waals surface area contributed by atoms with Crippen molar-refractivity contribution in [3.8, 4) is 0 Å². The monoisotopic (exact) mass is 446 g/mol. The van der Waals surface area contributed by atoms with Crippen LogP contribution in [0, 0.1) is 0 Å². The molecule has 31 heavy (non-hydrogen) atoms. The van der Waals surface area contributed by atoms with Gasteiger partial charge in [-0.25, -0.2) is 4.98 Å². The van der Waals surface area contributed by atoms with E-state index in [0.717, 1.165) is 18.7 Å². The van der Waals surface area contributed by atoms with E-state index >= 15 is 0 Å². The molecule has 1 fully saturated rings. The number of morpholine rings is 1. The van der Waals surface area contributed by atoms with E-state index in [1.54, 1.807) is 28.8 Å². The van der Waals surface area contributed by atoms with E-state index in [-0.39, 0.29) is 23.7 Å². The Morgan fingerprint density at radius 3 is 2.55 bits per heavy atom. The highest BCUT2D eigenvalue weighted by molar-refractivity contribution is 7.99. The molecular formula is C22H24F2N4O2S. The Balaban J connectivity index is 1.53. The summed E-state index contributed by atoms with van der Waals surface area (Å²) in [6, 6.07) is 16.7. The molecular weight excluding hydrogens is 422 g/mol. The third-order valence-corrected chi connectivity index (χ3v) is 5.90. The number of aromatic nitrogens is 2. The van der Waals surface area contributed by atoms with Crippen molar-refractivity contribution in [3.05, 3.63) is 60.2 Å². The van der Waals surface area contributed by atoms with Crippen LogP contribution < -0.4 is 5.32 Å². The zero-order chi connectivity index (χ0) is 21.6. The number of ether oxygens (including phenoxy) is 1. The number of halogens is 2. The molecule has 1 unspecified atom stereocenters. The van der Waals surface area contributed by atoms with Crippen LogP contribution >= 0.6 is 11.8 Å². The molecule has 3 aromatic rings. The molecule has 1 aliphatic heterocycles. The van der Waals surface area contributed by atoms with Gasteiger partial charge in [0.05, 0.1) is 30.3 Å². The Kier molecular flexibility index (Phi) is 7.16. The van der Waals surface area contributed by atoms with Gasteiger partial charge in [0.2, 0.25) is 5.91 Å². The molecule has 2 heterocycles. The number of hydrogen-bond donors (Lipinski definition) is 1. The number of carbonyl (C=O) groups excluding carboxylic acids is 1. The van der Waals surface area contributed by atoms with Crippen LogP contribution in [0.5, 0.6) is 0 Å². The van der Waals surface area contributed by atoms with Crippen molar-refractivity contribution >= 4 is 28.7 Å². The lowest BCUT2D eigenvalue weighted by molar-refractivity contribution is -0.122. The van der Waals surface area contributed by atoms with Crippen molar-refractivity contribution in [1.82, 2.24) is 19.8 Å². The second-order valence-electron chi connectivity index (χ2n) is 7.29. The average molecular weight is 447 g/mol. The van der Waals surface area contributed by atoms with Gasteiger partial charge in [-0.1, -0.05) is 42.5 Å². The van der Waals surface area contributed by atoms with Gasteiger partial charge in [0.25, 0.3) is 5.76 Å². The Labute approximate surface area is 183 Å². The summed E-state index contributed by atoms with van der Waals surface area (Å²) >= 11 is 0.353. The van der Waals surface area contributed by atoms with Gasteiger partial charge < -0.3 is 14.6 Å². The lowest BCUT2D eigenvalue weighted by Crippen LogP contribution is -2.43. The Hall–Kier alpha value is -2.49. The van der Waals surface area contributed by atoms with Gasteiger partial charge in [-0.3, -0.25) is 9.69 Å². The number of thioether (sulfide) groups is 1. The summed E-state index contributed by atoms with van der Waals surface area (Å²) in [7, 11) is 0. The fourth-order valence-electron chi connectivity index (χ4n) is 3.72. The summed E-state index contributed by atoms with van der Waals surface area (Å²) in [4.78, 5) is 19.6. The molecule has 1 atom stereocenters. The number of nitrogens with one attached hydrogen (secondary N) is 1. The highest BCUT2D eigenvalue weighted by Gasteiger charge is 2.22. The predicted molar refractivity (Wildman–Crippen MR) is 116 cm³/mol. The van der Waals surface area contributed by atoms with Gasteiger partial charge in [0, 0.05) is 19.6 Å². The van der Waals surface area contributed by atoms with Crippen LogP contribution in [0.25, 0.3) is 11.0 Å². The number of hydrogen-bond acceptors (Lipinski definition) is 5. The third-order valence-electron chi connectivity index (χ3n) is 5.20. The van der Waals surface area contributed by atoms with Gasteiger partial charge in [0.15, 0.2) is 5.16 Å². The Bertz CT molecular complexity index is 1010. The van der Waals surface area contributed by atoms with E-state index in [0.29, 0.717) is 42.6 Å². The van der Waals surface area contributed by atoms with Crippen LogP contribution in [-0.4, -0.2) is 59.0 Å². The number of rotatable bonds is 8. The minimum absolute atomic E-state index is 0.0813. The fourth-order valence-corrected chi connectivity index (χ4v) is 4.32. The first kappa shape index (κ1) is 21.7. The number of amides is 1. The van der Waals surface area contributed by atoms with Crippen molar-refractivity contribution in [3.63, 3.8) is 0 Å². The smallest absolute Gasteiger partial charge is 0.291 e. The first-order valence-corrected chi connectivity index (χ1v) is 11.0. The molecule has 6 nitrogen and oxygen atoms in total. The largest absolute Gasteiger partial charge is 0.379 e. The van der Waals surface area contributed by atoms with Crippen LogP contribution in [0.3, 0.4) is 0 Å². The number of nitrogens with zero attached hydrogens (tertiary/aromatic N) is 3. The standard InChI is InChI=1S/C22H24F2N4O2S/c23-21(24)31-22-26-17-8-4-5-9-19(17)28(22)15-20(29)25-18(16-6-2-1-3-7-16)14-27-10-12-30-13-11-27/h1-9,18,21H,10-15H2,(H,25,29). The SMILES string of the molecule is O=C(Cn1c(SC(F)F)nc2ccccc21)NC(CN1CCOCC1)c1ccccc1. The summed E-state index contributed by atoms with van der Waals surface area (Å²) in [5.74, 6) is -2.86. The maximum Gasteiger partial charge on any atom is 0.291 e. The maximum atomic E-state index is 13.1. The zero-order valence-corrected chi connectivity index (χ0v) is 17.7. The molecule has 0 spiro atoms. The van der Waals surface area contributed by atoms with Crippen LogP contribution in [0.4, 0.5) is 8.78 Å². The van der Waals surface area contributed by atoms with Crippen molar-refractivity contribution in [2.45, 2.75) is 23.5 Å². The van der Waals surface area contributed by atoms with E-state index in [9.17, 15) is 13.6 Å². The van der Waals surface area contributed by atoms with Crippen molar-refractivity contribution in [1.29, 1.82) is 0 Å². The molecule has 1 aromatic heterocycles. The molecule has 9 heteroatoms. The Morgan fingerprint density at radius 1 is 1.10 bits per heavy atom. The van der Waals surface area contributed by atoms with Crippen LogP contribution in [0.2, 0.25) is 0 Å². The highest BCUT2D eigenvalue weighted by Crippen LogP contribution is 2.28. The minimum atomic E-state index is -2.61. The average Bonchev–Trinajstić information content (AvgIpc) is 3.11. The predicted octanol–water partition coefficient (Wildman–Crippen LogP) is 3.54. The summed E-state index contributed by atoms with van der Waals surface area (Å²) in [6.45, 7) is 3.53. The van der Waals surface area contributed by atoms with E-state index in [4.69, 9.17) is 4.74 Å². The summed E-state index contributed by atoms with van der Waals surface area (Å²) in [5.41, 5.74) is 2.25. The fraction of sp³-hybridized carbons (Fsp3) is 0.364. The van der Waals surface area contributed by atoms with E-state index in [2.05, 4.69) is 15.2 Å². The summed E-state index contributed by atoms with van der Waals surface area (Å²) in [6.07, 6.45) is 0. The topological polar surface area (TPSA) is 59.4 Å². The van der Waals surface area contributed by atoms with Gasteiger partial charge in [0.1, 0.15) is 6.54 Å². The number of fused-ring (bicyclic) bond motifs is 1. The molecule has 1 saturated heterocycles. The van der Waals surface area contributed by atoms with Crippen LogP contribution in [0.15, 0.2) is 59.8 Å². The van der Waals surface area contributed by atoms with Gasteiger partial charge in [-0.2, -0.15) is 8.78 Å². The van der Waals surface area contributed by atoms with Crippen molar-refractivity contribution in [2.75, 3.05) is 32.8 Å². The normalized spacial score (nSPS) is 16.0. The third kappa shape index (κ3) is 5.61. The minimum Gasteiger partial charge on any atom is -0.379 e. The number of para-hydroxylation sites is 2. The zero-order valence-electron chi connectivity index (χ0n) is 16.9. The lowest BCUT2D eigenvalue weighted by atomic mass is 10.1. The quantitative estimate of drug-likeness (QED) is 0.537. The Morgan fingerprint density at radius 2 is 1.81 bits per heavy atom. The first-order valence-electron chi connectivity index (χ1n) is 10.1. The number of carbonyl (C=O) groups is 1. The maximum absolute atomic E-state index is 13.1. The van der Waals surface area contributed by atoms with Gasteiger partial charge >= 0.3 is 0 Å². The summed E-state index contributed by atoms with van der Waals surface area (Å²) in [5, 5.41) is 3.23. The van der Waals surface area contributed by atoms with E-state index < -0.39 is 5.76 Å². The van der Waals surface area contributed by atoms with E-state index in [1.807, 2.05) is 30.3 Å². The number of benzene rings is 2. The molecule has 0 bridgehead atoms. The van der Waals surface area contributed by atoms with Crippen LogP contribution in [-0.2, 0) is 16.1 Å². The van der Waals surface area contributed by atoms with Crippen molar-refractivity contribution < 1.29 is 18.3 Å². The molecule has 1 N–H and O–H groups in total. The molecule has 164 valence electrons. The van der Waals surface area contributed by atoms with Crippen LogP contribution in [0.1, 0.15) is 11.6 Å². The molecule has 0 aliphatic carbocycles. The molecule has 0 radical (unpaired) electrons. The van der Waals surface area contributed by atoms with Gasteiger partial charge in [-0.15, -0.1) is 0 Å². The summed E-state index contributed by atoms with van der Waals surface area (Å²) < 4.78 is 33.1. The first-order chi connectivity index (χ1) is 15.1.